The van der Waals surface area contributed by atoms with E-state index in [0.29, 0.717) is 5.92 Å². The Bertz CT molecular complexity index is 116. The molecular weight excluding hydrogens is 194 g/mol. The minimum absolute atomic E-state index is 0.160. The molecule has 0 aromatic rings. The van der Waals surface area contributed by atoms with E-state index < -0.39 is 0 Å². The molecule has 0 saturated carbocycles. The average Bonchev–Trinajstić information content (AvgIpc) is 1.87. The molecule has 0 aliphatic rings. The summed E-state index contributed by atoms with van der Waals surface area (Å²) >= 11 is 3.23. The molecule has 0 aliphatic carbocycles. The molecule has 0 heterocycles. The fraction of sp³-hybridized carbons (Fsp3) is 0.857. The number of amides is 1. The highest BCUT2D eigenvalue weighted by Gasteiger charge is 2.17. The largest absolute Gasteiger partial charge is 0.369 e. The van der Waals surface area contributed by atoms with Crippen molar-refractivity contribution in [1.82, 2.24) is 0 Å². The number of nitrogens with two attached hydrogens (primary N) is 1. The molecule has 0 aliphatic heterocycles. The molecule has 10 heavy (non-hydrogen) atoms. The molecular formula is C7H14BrNO. The van der Waals surface area contributed by atoms with E-state index in [4.69, 9.17) is 5.73 Å². The van der Waals surface area contributed by atoms with E-state index in [1.54, 1.807) is 0 Å². The standard InChI is InChI=1S/C7H14BrNO/c1-3-4-5(2)6(8)7(9)10/h5-6H,3-4H2,1-2H3,(H2,9,10). The van der Waals surface area contributed by atoms with Crippen LogP contribution in [0, 0.1) is 5.92 Å². The number of carbonyl (C=O) groups excluding carboxylic acids is 1. The van der Waals surface area contributed by atoms with Crippen molar-refractivity contribution in [3.63, 3.8) is 0 Å². The molecule has 2 atom stereocenters. The van der Waals surface area contributed by atoms with Crippen molar-refractivity contribution in [2.45, 2.75) is 31.5 Å². The van der Waals surface area contributed by atoms with E-state index in [1.807, 2.05) is 6.92 Å². The van der Waals surface area contributed by atoms with Gasteiger partial charge < -0.3 is 5.73 Å². The van der Waals surface area contributed by atoms with Crippen molar-refractivity contribution in [2.24, 2.45) is 11.7 Å². The van der Waals surface area contributed by atoms with Crippen LogP contribution < -0.4 is 5.73 Å². The first-order valence-electron chi connectivity index (χ1n) is 3.53. The Morgan fingerprint density at radius 2 is 2.20 bits per heavy atom. The number of halogens is 1. The van der Waals surface area contributed by atoms with Crippen LogP contribution in [0.5, 0.6) is 0 Å². The lowest BCUT2D eigenvalue weighted by molar-refractivity contribution is -0.118. The van der Waals surface area contributed by atoms with E-state index >= 15 is 0 Å². The number of carbonyl (C=O) groups is 1. The molecule has 0 rings (SSSR count). The van der Waals surface area contributed by atoms with Crippen LogP contribution >= 0.6 is 15.9 Å². The third-order valence-electron chi connectivity index (χ3n) is 1.52. The number of hydrogen-bond donors (Lipinski definition) is 1. The van der Waals surface area contributed by atoms with Crippen molar-refractivity contribution in [3.05, 3.63) is 0 Å². The first-order valence-corrected chi connectivity index (χ1v) is 4.44. The van der Waals surface area contributed by atoms with Gasteiger partial charge in [-0.15, -0.1) is 0 Å². The fourth-order valence-electron chi connectivity index (χ4n) is 0.882. The Morgan fingerprint density at radius 3 is 2.50 bits per heavy atom. The highest BCUT2D eigenvalue weighted by atomic mass is 79.9. The SMILES string of the molecule is CCCC(C)C(Br)C(N)=O. The topological polar surface area (TPSA) is 43.1 Å². The van der Waals surface area contributed by atoms with Gasteiger partial charge in [-0.1, -0.05) is 36.2 Å². The maximum absolute atomic E-state index is 10.6. The Labute approximate surface area is 70.3 Å². The van der Waals surface area contributed by atoms with Gasteiger partial charge in [-0.25, -0.2) is 0 Å². The zero-order valence-corrected chi connectivity index (χ0v) is 8.02. The molecule has 0 fully saturated rings. The first kappa shape index (κ1) is 9.95. The molecule has 3 heteroatoms. The molecule has 0 bridgehead atoms. The molecule has 0 aromatic heterocycles. The predicted octanol–water partition coefficient (Wildman–Crippen LogP) is 1.67. The van der Waals surface area contributed by atoms with Crippen LogP contribution in [0.2, 0.25) is 0 Å². The summed E-state index contributed by atoms with van der Waals surface area (Å²) < 4.78 is 0. The number of hydrogen-bond acceptors (Lipinski definition) is 1. The van der Waals surface area contributed by atoms with Gasteiger partial charge in [0.15, 0.2) is 0 Å². The molecule has 2 nitrogen and oxygen atoms in total. The van der Waals surface area contributed by atoms with Crippen LogP contribution in [0.15, 0.2) is 0 Å². The van der Waals surface area contributed by atoms with Crippen LogP contribution in [0.3, 0.4) is 0 Å². The maximum atomic E-state index is 10.6. The van der Waals surface area contributed by atoms with Crippen molar-refractivity contribution < 1.29 is 4.79 Å². The predicted molar refractivity (Wildman–Crippen MR) is 46.0 cm³/mol. The lowest BCUT2D eigenvalue weighted by Crippen LogP contribution is -2.28. The van der Waals surface area contributed by atoms with Crippen molar-refractivity contribution >= 4 is 21.8 Å². The van der Waals surface area contributed by atoms with Gasteiger partial charge in [0.1, 0.15) is 0 Å². The molecule has 0 saturated heterocycles. The summed E-state index contributed by atoms with van der Waals surface area (Å²) in [5.41, 5.74) is 5.08. The minimum atomic E-state index is -0.263. The number of primary amides is 1. The van der Waals surface area contributed by atoms with Crippen LogP contribution in [0.4, 0.5) is 0 Å². The van der Waals surface area contributed by atoms with Gasteiger partial charge in [0.2, 0.25) is 5.91 Å². The summed E-state index contributed by atoms with van der Waals surface area (Å²) in [6.07, 6.45) is 2.13. The second kappa shape index (κ2) is 4.72. The van der Waals surface area contributed by atoms with Crippen molar-refractivity contribution in [2.75, 3.05) is 0 Å². The highest BCUT2D eigenvalue weighted by Crippen LogP contribution is 2.16. The summed E-state index contributed by atoms with van der Waals surface area (Å²) in [4.78, 5) is 10.4. The van der Waals surface area contributed by atoms with Crippen LogP contribution in [0.1, 0.15) is 26.7 Å². The van der Waals surface area contributed by atoms with Crippen LogP contribution in [-0.4, -0.2) is 10.7 Å². The second-order valence-corrected chi connectivity index (χ2v) is 3.56. The van der Waals surface area contributed by atoms with E-state index in [1.165, 1.54) is 0 Å². The van der Waals surface area contributed by atoms with Gasteiger partial charge in [0, 0.05) is 0 Å². The summed E-state index contributed by atoms with van der Waals surface area (Å²) in [6.45, 7) is 4.12. The average molecular weight is 208 g/mol. The summed E-state index contributed by atoms with van der Waals surface area (Å²) in [5, 5.41) is 0. The summed E-state index contributed by atoms with van der Waals surface area (Å²) in [6, 6.07) is 0. The molecule has 0 radical (unpaired) electrons. The van der Waals surface area contributed by atoms with E-state index in [2.05, 4.69) is 22.9 Å². The summed E-state index contributed by atoms with van der Waals surface area (Å²) in [7, 11) is 0. The van der Waals surface area contributed by atoms with Crippen molar-refractivity contribution in [3.8, 4) is 0 Å². The molecule has 2 unspecified atom stereocenters. The second-order valence-electron chi connectivity index (χ2n) is 2.57. The first-order chi connectivity index (χ1) is 4.59. The van der Waals surface area contributed by atoms with E-state index in [9.17, 15) is 4.79 Å². The van der Waals surface area contributed by atoms with Gasteiger partial charge in [0.05, 0.1) is 4.83 Å². The van der Waals surface area contributed by atoms with Crippen molar-refractivity contribution in [1.29, 1.82) is 0 Å². The highest BCUT2D eigenvalue weighted by molar-refractivity contribution is 9.10. The smallest absolute Gasteiger partial charge is 0.231 e. The van der Waals surface area contributed by atoms with Gasteiger partial charge in [-0.3, -0.25) is 4.79 Å². The van der Waals surface area contributed by atoms with Gasteiger partial charge in [-0.2, -0.15) is 0 Å². The van der Waals surface area contributed by atoms with Crippen LogP contribution in [0.25, 0.3) is 0 Å². The molecule has 1 amide bonds. The molecule has 0 aromatic carbocycles. The quantitative estimate of drug-likeness (QED) is 0.701. The van der Waals surface area contributed by atoms with Gasteiger partial charge in [-0.05, 0) is 12.3 Å². The Morgan fingerprint density at radius 1 is 1.70 bits per heavy atom. The van der Waals surface area contributed by atoms with E-state index in [0.717, 1.165) is 12.8 Å². The fourth-order valence-corrected chi connectivity index (χ4v) is 1.15. The third-order valence-corrected chi connectivity index (χ3v) is 2.87. The lowest BCUT2D eigenvalue weighted by atomic mass is 10.0. The summed E-state index contributed by atoms with van der Waals surface area (Å²) in [5.74, 6) is 0.0865. The monoisotopic (exact) mass is 207 g/mol. The van der Waals surface area contributed by atoms with Crippen LogP contribution in [-0.2, 0) is 4.79 Å². The van der Waals surface area contributed by atoms with Gasteiger partial charge in [0.25, 0.3) is 0 Å². The zero-order chi connectivity index (χ0) is 8.15. The number of alkyl halides is 1. The Hall–Kier alpha value is -0.0500. The molecule has 0 spiro atoms. The molecule has 60 valence electrons. The maximum Gasteiger partial charge on any atom is 0.231 e. The minimum Gasteiger partial charge on any atom is -0.369 e. The molecule has 2 N–H and O–H groups in total. The third kappa shape index (κ3) is 3.20. The Kier molecular flexibility index (Phi) is 4.69. The normalized spacial score (nSPS) is 16.3. The lowest BCUT2D eigenvalue weighted by Gasteiger charge is -2.13. The van der Waals surface area contributed by atoms with E-state index in [-0.39, 0.29) is 10.7 Å². The Balaban J connectivity index is 3.69. The number of rotatable bonds is 4. The zero-order valence-electron chi connectivity index (χ0n) is 6.43. The van der Waals surface area contributed by atoms with Gasteiger partial charge >= 0.3 is 0 Å².